The maximum atomic E-state index is 12.6. The van der Waals surface area contributed by atoms with Crippen LogP contribution in [0, 0.1) is 0 Å². The first kappa shape index (κ1) is 23.0. The van der Waals surface area contributed by atoms with Gasteiger partial charge in [0.15, 0.2) is 0 Å². The fourth-order valence-corrected chi connectivity index (χ4v) is 5.00. The van der Waals surface area contributed by atoms with Crippen LogP contribution in [-0.2, 0) is 34.2 Å². The number of nitrogens with zero attached hydrogens (tertiary/aromatic N) is 1. The van der Waals surface area contributed by atoms with Gasteiger partial charge in [-0.3, -0.25) is 4.79 Å². The zero-order valence-corrected chi connectivity index (χ0v) is 19.6. The van der Waals surface area contributed by atoms with Crippen LogP contribution in [0.15, 0.2) is 77.7 Å². The van der Waals surface area contributed by atoms with E-state index in [4.69, 9.17) is 0 Å². The molecule has 0 aliphatic carbocycles. The summed E-state index contributed by atoms with van der Waals surface area (Å²) in [6, 6.07) is 23.1. The molecule has 1 aliphatic heterocycles. The first-order chi connectivity index (χ1) is 15.9. The largest absolute Gasteiger partial charge is 0.367 e. The molecule has 3 aromatic carbocycles. The zero-order valence-electron chi connectivity index (χ0n) is 18.8. The van der Waals surface area contributed by atoms with Crippen LogP contribution in [0.2, 0.25) is 0 Å². The molecule has 0 unspecified atom stereocenters. The van der Waals surface area contributed by atoms with Gasteiger partial charge >= 0.3 is 0 Å². The third-order valence-electron chi connectivity index (χ3n) is 5.91. The Kier molecular flexibility index (Phi) is 7.11. The minimum Gasteiger partial charge on any atom is -0.367 e. The molecule has 7 heteroatoms. The zero-order chi connectivity index (χ0) is 23.3. The van der Waals surface area contributed by atoms with E-state index < -0.39 is 10.0 Å². The van der Waals surface area contributed by atoms with Gasteiger partial charge in [-0.1, -0.05) is 43.3 Å². The van der Waals surface area contributed by atoms with Gasteiger partial charge in [0.05, 0.1) is 4.90 Å². The van der Waals surface area contributed by atoms with Gasteiger partial charge in [0.2, 0.25) is 15.9 Å². The number of fused-ring (bicyclic) bond motifs is 1. The van der Waals surface area contributed by atoms with Crippen LogP contribution in [0.5, 0.6) is 0 Å². The highest BCUT2D eigenvalue weighted by atomic mass is 32.2. The van der Waals surface area contributed by atoms with Crippen LogP contribution in [0.3, 0.4) is 0 Å². The summed E-state index contributed by atoms with van der Waals surface area (Å²) in [6.45, 7) is 3.98. The van der Waals surface area contributed by atoms with Crippen molar-refractivity contribution in [3.05, 3.63) is 89.5 Å². The van der Waals surface area contributed by atoms with Crippen LogP contribution in [0.1, 0.15) is 30.0 Å². The summed E-state index contributed by atoms with van der Waals surface area (Å²) in [6.07, 6.45) is 2.02. The number of amides is 1. The summed E-state index contributed by atoms with van der Waals surface area (Å²) in [7, 11) is -3.61. The Morgan fingerprint density at radius 1 is 0.939 bits per heavy atom. The van der Waals surface area contributed by atoms with E-state index in [9.17, 15) is 13.2 Å². The Morgan fingerprint density at radius 3 is 2.33 bits per heavy atom. The molecule has 0 saturated carbocycles. The highest BCUT2D eigenvalue weighted by molar-refractivity contribution is 7.89. The number of anilines is 2. The molecular formula is C26H29N3O3S. The summed E-state index contributed by atoms with van der Waals surface area (Å²) >= 11 is 0. The van der Waals surface area contributed by atoms with Gasteiger partial charge in [-0.2, -0.15) is 0 Å². The molecule has 0 aromatic heterocycles. The Labute approximate surface area is 195 Å². The van der Waals surface area contributed by atoms with Gasteiger partial charge in [-0.15, -0.1) is 0 Å². The van der Waals surface area contributed by atoms with E-state index in [-0.39, 0.29) is 10.8 Å². The normalized spacial score (nSPS) is 13.4. The smallest absolute Gasteiger partial charge is 0.240 e. The summed E-state index contributed by atoms with van der Waals surface area (Å²) < 4.78 is 27.8. The van der Waals surface area contributed by atoms with E-state index in [1.165, 1.54) is 28.9 Å². The molecule has 172 valence electrons. The van der Waals surface area contributed by atoms with Crippen molar-refractivity contribution >= 4 is 27.3 Å². The van der Waals surface area contributed by atoms with E-state index in [2.05, 4.69) is 63.5 Å². The predicted molar refractivity (Wildman–Crippen MR) is 132 cm³/mol. The second-order valence-corrected chi connectivity index (χ2v) is 9.95. The van der Waals surface area contributed by atoms with Crippen molar-refractivity contribution in [1.82, 2.24) is 4.72 Å². The minimum absolute atomic E-state index is 0.111. The molecule has 3 aromatic rings. The summed E-state index contributed by atoms with van der Waals surface area (Å²) in [5.74, 6) is -0.111. The average Bonchev–Trinajstić information content (AvgIpc) is 2.84. The van der Waals surface area contributed by atoms with Crippen LogP contribution in [0.25, 0.3) is 0 Å². The monoisotopic (exact) mass is 463 g/mol. The van der Waals surface area contributed by atoms with E-state index in [0.29, 0.717) is 25.1 Å². The first-order valence-corrected chi connectivity index (χ1v) is 12.7. The van der Waals surface area contributed by atoms with Crippen molar-refractivity contribution in [1.29, 1.82) is 0 Å². The number of hydrogen-bond acceptors (Lipinski definition) is 4. The third-order valence-corrected chi connectivity index (χ3v) is 7.38. The topological polar surface area (TPSA) is 78.5 Å². The van der Waals surface area contributed by atoms with Crippen LogP contribution >= 0.6 is 0 Å². The Morgan fingerprint density at radius 2 is 1.64 bits per heavy atom. The maximum Gasteiger partial charge on any atom is 0.240 e. The summed E-state index contributed by atoms with van der Waals surface area (Å²) in [5, 5.41) is 2.71. The van der Waals surface area contributed by atoms with Gasteiger partial charge in [-0.05, 0) is 65.9 Å². The second kappa shape index (κ2) is 10.2. The molecule has 33 heavy (non-hydrogen) atoms. The van der Waals surface area contributed by atoms with E-state index in [0.717, 1.165) is 25.1 Å². The fourth-order valence-electron chi connectivity index (χ4n) is 3.97. The SMILES string of the molecule is CCC(=O)Nc1ccc(S(=O)(=O)NCCc2ccc(N3CCc4ccccc4C3)cc2)cc1. The van der Waals surface area contributed by atoms with Crippen LogP contribution in [0.4, 0.5) is 11.4 Å². The number of hydrogen-bond donors (Lipinski definition) is 2. The number of rotatable bonds is 8. The van der Waals surface area contributed by atoms with Crippen molar-refractivity contribution < 1.29 is 13.2 Å². The molecule has 0 saturated heterocycles. The van der Waals surface area contributed by atoms with Crippen LogP contribution < -0.4 is 14.9 Å². The maximum absolute atomic E-state index is 12.6. The molecule has 1 amide bonds. The molecule has 2 N–H and O–H groups in total. The average molecular weight is 464 g/mol. The number of benzene rings is 3. The molecule has 6 nitrogen and oxygen atoms in total. The van der Waals surface area contributed by atoms with Gasteiger partial charge in [0.1, 0.15) is 0 Å². The van der Waals surface area contributed by atoms with Gasteiger partial charge in [-0.25, -0.2) is 13.1 Å². The quantitative estimate of drug-likeness (QED) is 0.527. The summed E-state index contributed by atoms with van der Waals surface area (Å²) in [5.41, 5.74) is 5.65. The standard InChI is InChI=1S/C26H29N3O3S/c1-2-26(30)28-23-9-13-25(14-10-23)33(31,32)27-17-15-20-7-11-24(12-8-20)29-18-16-21-5-3-4-6-22(21)19-29/h3-14,27H,2,15-19H2,1H3,(H,28,30). The van der Waals surface area contributed by atoms with Gasteiger partial charge < -0.3 is 10.2 Å². The van der Waals surface area contributed by atoms with Gasteiger partial charge in [0, 0.05) is 37.4 Å². The minimum atomic E-state index is -3.61. The highest BCUT2D eigenvalue weighted by Gasteiger charge is 2.16. The number of sulfonamides is 1. The van der Waals surface area contributed by atoms with Crippen molar-refractivity contribution in [3.63, 3.8) is 0 Å². The van der Waals surface area contributed by atoms with Gasteiger partial charge in [0.25, 0.3) is 0 Å². The van der Waals surface area contributed by atoms with E-state index in [1.807, 2.05) is 0 Å². The lowest BCUT2D eigenvalue weighted by atomic mass is 9.99. The Balaban J connectivity index is 1.30. The summed E-state index contributed by atoms with van der Waals surface area (Å²) in [4.78, 5) is 14.0. The molecular weight excluding hydrogens is 434 g/mol. The molecule has 0 bridgehead atoms. The van der Waals surface area contributed by atoms with Crippen molar-refractivity contribution in [2.45, 2.75) is 37.6 Å². The lowest BCUT2D eigenvalue weighted by molar-refractivity contribution is -0.115. The first-order valence-electron chi connectivity index (χ1n) is 11.2. The molecule has 1 aliphatic rings. The van der Waals surface area contributed by atoms with Crippen molar-refractivity contribution in [2.24, 2.45) is 0 Å². The lowest BCUT2D eigenvalue weighted by Crippen LogP contribution is -2.30. The molecule has 0 spiro atoms. The third kappa shape index (κ3) is 5.80. The predicted octanol–water partition coefficient (Wildman–Crippen LogP) is 4.12. The second-order valence-electron chi connectivity index (χ2n) is 8.18. The Hall–Kier alpha value is -3.16. The van der Waals surface area contributed by atoms with Crippen molar-refractivity contribution in [3.8, 4) is 0 Å². The molecule has 4 rings (SSSR count). The number of carbonyl (C=O) groups is 1. The van der Waals surface area contributed by atoms with E-state index in [1.54, 1.807) is 19.1 Å². The van der Waals surface area contributed by atoms with Crippen LogP contribution in [-0.4, -0.2) is 27.4 Å². The number of carbonyl (C=O) groups excluding carboxylic acids is 1. The molecule has 1 heterocycles. The Bertz CT molecular complexity index is 1210. The molecule has 0 radical (unpaired) electrons. The molecule has 0 atom stereocenters. The number of nitrogens with one attached hydrogen (secondary N) is 2. The highest BCUT2D eigenvalue weighted by Crippen LogP contribution is 2.24. The van der Waals surface area contributed by atoms with Crippen molar-refractivity contribution in [2.75, 3.05) is 23.3 Å². The lowest BCUT2D eigenvalue weighted by Gasteiger charge is -2.30. The molecule has 0 fully saturated rings. The van der Waals surface area contributed by atoms with E-state index >= 15 is 0 Å². The fraction of sp³-hybridized carbons (Fsp3) is 0.269.